The molecule has 0 aliphatic carbocycles. The van der Waals surface area contributed by atoms with Crippen molar-refractivity contribution in [2.24, 2.45) is 0 Å². The van der Waals surface area contributed by atoms with E-state index in [2.05, 4.69) is 26.9 Å². The van der Waals surface area contributed by atoms with Gasteiger partial charge in [-0.15, -0.1) is 11.8 Å². The molecule has 0 bridgehead atoms. The van der Waals surface area contributed by atoms with Gasteiger partial charge in [0.1, 0.15) is 0 Å². The fourth-order valence-corrected chi connectivity index (χ4v) is 2.41. The van der Waals surface area contributed by atoms with E-state index in [1.807, 2.05) is 26.2 Å². The second-order valence-corrected chi connectivity index (χ2v) is 5.26. The van der Waals surface area contributed by atoms with Crippen molar-refractivity contribution in [1.82, 2.24) is 10.2 Å². The molecule has 2 aromatic rings. The molecule has 0 aliphatic rings. The summed E-state index contributed by atoms with van der Waals surface area (Å²) in [5, 5.41) is 21.3. The summed E-state index contributed by atoms with van der Waals surface area (Å²) in [6.07, 6.45) is 1.91. The quantitative estimate of drug-likeness (QED) is 0.758. The molecule has 1 aromatic carbocycles. The van der Waals surface area contributed by atoms with Crippen LogP contribution in [0, 0.1) is 25.2 Å². The highest BCUT2D eigenvalue weighted by molar-refractivity contribution is 7.98. The Kier molecular flexibility index (Phi) is 4.50. The summed E-state index contributed by atoms with van der Waals surface area (Å²) in [6.45, 7) is 3.64. The van der Waals surface area contributed by atoms with Gasteiger partial charge in [0, 0.05) is 4.90 Å². The predicted octanol–water partition coefficient (Wildman–Crippen LogP) is 3.26. The Morgan fingerprint density at radius 3 is 2.71 bits per heavy atom. The Labute approximate surface area is 126 Å². The number of hydrogen-bond acceptors (Lipinski definition) is 4. The second kappa shape index (κ2) is 6.33. The molecule has 0 unspecified atom stereocenters. The fraction of sp³-hybridized carbons (Fsp3) is 0.214. The number of carbonyl (C=O) groups is 1. The van der Waals surface area contributed by atoms with Crippen molar-refractivity contribution in [3.8, 4) is 6.07 Å². The Morgan fingerprint density at radius 2 is 2.14 bits per heavy atom. The highest BCUT2D eigenvalue weighted by atomic mass is 32.2. The smallest absolute Gasteiger partial charge is 0.307 e. The molecule has 21 heavy (non-hydrogen) atoms. The number of hydrogen-bond donors (Lipinski definition) is 3. The highest BCUT2D eigenvalue weighted by Crippen LogP contribution is 2.26. The molecule has 0 radical (unpaired) electrons. The number of aromatic nitrogens is 2. The number of aromatic amines is 1. The van der Waals surface area contributed by atoms with Crippen LogP contribution in [0.4, 0.5) is 16.2 Å². The third-order valence-corrected chi connectivity index (χ3v) is 3.74. The Morgan fingerprint density at radius 1 is 1.38 bits per heavy atom. The number of nitriles is 1. The lowest BCUT2D eigenvalue weighted by atomic mass is 10.2. The van der Waals surface area contributed by atoms with E-state index in [0.717, 1.165) is 16.3 Å². The van der Waals surface area contributed by atoms with Crippen molar-refractivity contribution in [1.29, 1.82) is 5.26 Å². The van der Waals surface area contributed by atoms with Crippen LogP contribution in [0.1, 0.15) is 17.0 Å². The van der Waals surface area contributed by atoms with Crippen LogP contribution in [0.15, 0.2) is 23.1 Å². The zero-order valence-electron chi connectivity index (χ0n) is 11.9. The van der Waals surface area contributed by atoms with Gasteiger partial charge in [0.2, 0.25) is 0 Å². The minimum atomic E-state index is -0.368. The van der Waals surface area contributed by atoms with Crippen molar-refractivity contribution in [2.45, 2.75) is 18.7 Å². The molecule has 3 N–H and O–H groups in total. The van der Waals surface area contributed by atoms with Crippen molar-refractivity contribution >= 4 is 29.2 Å². The fourth-order valence-electron chi connectivity index (χ4n) is 1.88. The molecule has 0 saturated heterocycles. The van der Waals surface area contributed by atoms with Crippen molar-refractivity contribution in [2.75, 3.05) is 16.9 Å². The molecule has 2 rings (SSSR count). The zero-order valence-corrected chi connectivity index (χ0v) is 12.8. The van der Waals surface area contributed by atoms with E-state index in [4.69, 9.17) is 5.26 Å². The molecule has 0 saturated carbocycles. The first-order chi connectivity index (χ1) is 10.0. The van der Waals surface area contributed by atoms with Gasteiger partial charge >= 0.3 is 6.03 Å². The average Bonchev–Trinajstić information content (AvgIpc) is 2.79. The number of H-pyrrole nitrogens is 1. The van der Waals surface area contributed by atoms with Crippen LogP contribution >= 0.6 is 11.8 Å². The van der Waals surface area contributed by atoms with Crippen LogP contribution in [0.25, 0.3) is 0 Å². The Balaban J connectivity index is 2.18. The topological polar surface area (TPSA) is 93.6 Å². The van der Waals surface area contributed by atoms with Crippen LogP contribution in [0.5, 0.6) is 0 Å². The molecule has 1 aromatic heterocycles. The number of amides is 2. The van der Waals surface area contributed by atoms with Gasteiger partial charge in [-0.2, -0.15) is 10.4 Å². The summed E-state index contributed by atoms with van der Waals surface area (Å²) in [5.74, 6) is 0. The van der Waals surface area contributed by atoms with Crippen molar-refractivity contribution < 1.29 is 4.79 Å². The van der Waals surface area contributed by atoms with Gasteiger partial charge in [-0.25, -0.2) is 4.79 Å². The van der Waals surface area contributed by atoms with E-state index in [-0.39, 0.29) is 6.03 Å². The molecular formula is C14H15N5OS. The number of nitrogens with one attached hydrogen (secondary N) is 3. The monoisotopic (exact) mass is 301 g/mol. The maximum atomic E-state index is 12.1. The number of rotatable bonds is 3. The Hall–Kier alpha value is -2.46. The first-order valence-corrected chi connectivity index (χ1v) is 7.45. The summed E-state index contributed by atoms with van der Waals surface area (Å²) in [5.41, 5.74) is 3.28. The molecule has 7 heteroatoms. The van der Waals surface area contributed by atoms with E-state index < -0.39 is 0 Å². The number of aryl methyl sites for hydroxylation is 2. The van der Waals surface area contributed by atoms with Gasteiger partial charge < -0.3 is 10.6 Å². The van der Waals surface area contributed by atoms with Crippen molar-refractivity contribution in [3.63, 3.8) is 0 Å². The lowest BCUT2D eigenvalue weighted by Gasteiger charge is -2.11. The summed E-state index contributed by atoms with van der Waals surface area (Å²) in [7, 11) is 0. The normalized spacial score (nSPS) is 10.0. The first-order valence-electron chi connectivity index (χ1n) is 6.23. The molecule has 2 amide bonds. The predicted molar refractivity (Wildman–Crippen MR) is 83.6 cm³/mol. The van der Waals surface area contributed by atoms with Gasteiger partial charge in [-0.3, -0.25) is 5.10 Å². The Bertz CT molecular complexity index is 697. The van der Waals surface area contributed by atoms with E-state index in [1.165, 1.54) is 11.8 Å². The third-order valence-electron chi connectivity index (χ3n) is 2.94. The molecule has 1 heterocycles. The molecule has 0 aliphatic heterocycles. The average molecular weight is 301 g/mol. The summed E-state index contributed by atoms with van der Waals surface area (Å²) in [4.78, 5) is 13.0. The molecule has 0 fully saturated rings. The first kappa shape index (κ1) is 14.9. The number of thioether (sulfide) groups is 1. The summed E-state index contributed by atoms with van der Waals surface area (Å²) >= 11 is 1.50. The van der Waals surface area contributed by atoms with Crippen LogP contribution in [0.2, 0.25) is 0 Å². The number of anilines is 2. The molecular weight excluding hydrogens is 286 g/mol. The van der Waals surface area contributed by atoms with Crippen LogP contribution in [-0.4, -0.2) is 22.5 Å². The lowest BCUT2D eigenvalue weighted by Crippen LogP contribution is -2.20. The second-order valence-electron chi connectivity index (χ2n) is 4.42. The van der Waals surface area contributed by atoms with Crippen LogP contribution in [0.3, 0.4) is 0 Å². The standard InChI is InChI=1S/C14H15N5OS/c1-8-13(9(2)19-18-8)17-14(20)16-11-6-10(7-15)4-5-12(11)21-3/h4-6H,1-3H3,(H,18,19)(H2,16,17,20). The SMILES string of the molecule is CSc1ccc(C#N)cc1NC(=O)Nc1c(C)n[nH]c1C. The van der Waals surface area contributed by atoms with Gasteiger partial charge in [0.25, 0.3) is 0 Å². The molecule has 6 nitrogen and oxygen atoms in total. The van der Waals surface area contributed by atoms with Gasteiger partial charge in [0.05, 0.1) is 34.4 Å². The zero-order chi connectivity index (χ0) is 15.4. The summed E-state index contributed by atoms with van der Waals surface area (Å²) in [6, 6.07) is 6.88. The third kappa shape index (κ3) is 3.35. The molecule has 0 spiro atoms. The maximum Gasteiger partial charge on any atom is 0.323 e. The number of urea groups is 1. The number of nitrogens with zero attached hydrogens (tertiary/aromatic N) is 2. The van der Waals surface area contributed by atoms with E-state index in [1.54, 1.807) is 12.1 Å². The minimum Gasteiger partial charge on any atom is -0.307 e. The van der Waals surface area contributed by atoms with Gasteiger partial charge in [-0.1, -0.05) is 0 Å². The maximum absolute atomic E-state index is 12.1. The van der Waals surface area contributed by atoms with Crippen LogP contribution < -0.4 is 10.6 Å². The van der Waals surface area contributed by atoms with Crippen molar-refractivity contribution in [3.05, 3.63) is 35.2 Å². The largest absolute Gasteiger partial charge is 0.323 e. The summed E-state index contributed by atoms with van der Waals surface area (Å²) < 4.78 is 0. The molecule has 108 valence electrons. The molecule has 0 atom stereocenters. The van der Waals surface area contributed by atoms with Gasteiger partial charge in [-0.05, 0) is 38.3 Å². The van der Waals surface area contributed by atoms with E-state index >= 15 is 0 Å². The van der Waals surface area contributed by atoms with Crippen LogP contribution in [-0.2, 0) is 0 Å². The minimum absolute atomic E-state index is 0.368. The number of carbonyl (C=O) groups excluding carboxylic acids is 1. The van der Waals surface area contributed by atoms with Gasteiger partial charge in [0.15, 0.2) is 0 Å². The highest BCUT2D eigenvalue weighted by Gasteiger charge is 2.12. The van der Waals surface area contributed by atoms with E-state index in [9.17, 15) is 4.79 Å². The number of benzene rings is 1. The van der Waals surface area contributed by atoms with E-state index in [0.29, 0.717) is 16.9 Å². The lowest BCUT2D eigenvalue weighted by molar-refractivity contribution is 0.262.